The second-order valence-corrected chi connectivity index (χ2v) is 9.40. The monoisotopic (exact) mass is 500 g/mol. The van der Waals surface area contributed by atoms with Crippen molar-refractivity contribution in [3.63, 3.8) is 0 Å². The summed E-state index contributed by atoms with van der Waals surface area (Å²) in [5.74, 6) is 0.683. The number of aryl methyl sites for hydroxylation is 1. The van der Waals surface area contributed by atoms with Gasteiger partial charge in [0, 0.05) is 25.0 Å². The van der Waals surface area contributed by atoms with E-state index in [-0.39, 0.29) is 30.1 Å². The highest BCUT2D eigenvalue weighted by Crippen LogP contribution is 2.34. The van der Waals surface area contributed by atoms with Gasteiger partial charge in [-0.05, 0) is 38.3 Å². The zero-order chi connectivity index (χ0) is 17.2. The molecule has 7 nitrogen and oxygen atoms in total. The van der Waals surface area contributed by atoms with E-state index in [0.717, 1.165) is 24.1 Å². The molecule has 0 saturated carbocycles. The average molecular weight is 500 g/mol. The molecule has 3 heterocycles. The summed E-state index contributed by atoms with van der Waals surface area (Å²) in [7, 11) is -1.71. The maximum Gasteiger partial charge on any atom is 0.250 e. The Hall–Kier alpha value is -0.430. The first-order valence-electron chi connectivity index (χ1n) is 8.16. The number of nitrogens with one attached hydrogen (secondary N) is 3. The van der Waals surface area contributed by atoms with Gasteiger partial charge in [0.15, 0.2) is 5.96 Å². The normalized spacial score (nSPS) is 25.7. The Kier molecular flexibility index (Phi) is 7.50. The van der Waals surface area contributed by atoms with E-state index in [0.29, 0.717) is 35.4 Å². The van der Waals surface area contributed by atoms with Gasteiger partial charge in [0.05, 0.1) is 18.2 Å². The number of halogens is 1. The summed E-state index contributed by atoms with van der Waals surface area (Å²) in [6, 6.07) is 3.73. The van der Waals surface area contributed by atoms with Crippen LogP contribution in [0.3, 0.4) is 0 Å². The van der Waals surface area contributed by atoms with E-state index in [1.54, 1.807) is 19.2 Å². The van der Waals surface area contributed by atoms with E-state index < -0.39 is 10.0 Å². The second-order valence-electron chi connectivity index (χ2n) is 6.12. The van der Waals surface area contributed by atoms with Gasteiger partial charge in [0.2, 0.25) is 10.0 Å². The SMILES string of the molecule is CN=C(NCCNS(=O)(=O)c1ccc(C)s1)NC1CC2CCC1O2.I. The summed E-state index contributed by atoms with van der Waals surface area (Å²) >= 11 is 1.27. The molecule has 3 rings (SSSR count). The number of aliphatic imine (C=N–C) groups is 1. The maximum atomic E-state index is 12.1. The molecule has 3 atom stereocenters. The second kappa shape index (κ2) is 8.98. The van der Waals surface area contributed by atoms with Crippen LogP contribution < -0.4 is 15.4 Å². The predicted octanol–water partition coefficient (Wildman–Crippen LogP) is 1.44. The van der Waals surface area contributed by atoms with E-state index in [1.165, 1.54) is 11.3 Å². The van der Waals surface area contributed by atoms with Crippen LogP contribution in [0.2, 0.25) is 0 Å². The molecule has 2 saturated heterocycles. The van der Waals surface area contributed by atoms with Crippen molar-refractivity contribution in [2.45, 2.75) is 48.6 Å². The lowest BCUT2D eigenvalue weighted by Crippen LogP contribution is -2.48. The topological polar surface area (TPSA) is 91.8 Å². The summed E-state index contributed by atoms with van der Waals surface area (Å²) in [5, 5.41) is 6.51. The fourth-order valence-electron chi connectivity index (χ4n) is 3.15. The number of ether oxygens (including phenoxy) is 1. The van der Waals surface area contributed by atoms with E-state index in [4.69, 9.17) is 4.74 Å². The van der Waals surface area contributed by atoms with Crippen molar-refractivity contribution in [2.24, 2.45) is 4.99 Å². The van der Waals surface area contributed by atoms with E-state index in [9.17, 15) is 8.42 Å². The van der Waals surface area contributed by atoms with Crippen molar-refractivity contribution in [1.29, 1.82) is 0 Å². The number of guanidine groups is 1. The van der Waals surface area contributed by atoms with Gasteiger partial charge in [-0.2, -0.15) is 0 Å². The molecule has 2 bridgehead atoms. The summed E-state index contributed by atoms with van der Waals surface area (Å²) in [5.41, 5.74) is 0. The minimum atomic E-state index is -3.43. The molecule has 0 amide bonds. The molecule has 3 unspecified atom stereocenters. The number of hydrogen-bond donors (Lipinski definition) is 3. The van der Waals surface area contributed by atoms with Gasteiger partial charge in [-0.25, -0.2) is 13.1 Å². The molecule has 1 aromatic heterocycles. The Balaban J connectivity index is 0.00000225. The van der Waals surface area contributed by atoms with Crippen LogP contribution in [0.1, 0.15) is 24.1 Å². The van der Waals surface area contributed by atoms with E-state index >= 15 is 0 Å². The molecular formula is C15H25IN4O3S2. The van der Waals surface area contributed by atoms with Crippen molar-refractivity contribution < 1.29 is 13.2 Å². The maximum absolute atomic E-state index is 12.1. The Morgan fingerprint density at radius 2 is 2.16 bits per heavy atom. The molecule has 3 N–H and O–H groups in total. The Morgan fingerprint density at radius 3 is 2.72 bits per heavy atom. The Labute approximate surface area is 170 Å². The number of thiophene rings is 1. The van der Waals surface area contributed by atoms with Crippen molar-refractivity contribution in [1.82, 2.24) is 15.4 Å². The quantitative estimate of drug-likeness (QED) is 0.238. The highest BCUT2D eigenvalue weighted by molar-refractivity contribution is 14.0. The van der Waals surface area contributed by atoms with Gasteiger partial charge in [-0.1, -0.05) is 0 Å². The van der Waals surface area contributed by atoms with Gasteiger partial charge in [-0.15, -0.1) is 35.3 Å². The number of nitrogens with zero attached hydrogens (tertiary/aromatic N) is 1. The zero-order valence-corrected chi connectivity index (χ0v) is 18.3. The third-order valence-electron chi connectivity index (χ3n) is 4.34. The van der Waals surface area contributed by atoms with Crippen LogP contribution in [-0.2, 0) is 14.8 Å². The highest BCUT2D eigenvalue weighted by atomic mass is 127. The molecular weight excluding hydrogens is 475 g/mol. The minimum absolute atomic E-state index is 0. The summed E-state index contributed by atoms with van der Waals surface area (Å²) in [6.45, 7) is 2.65. The summed E-state index contributed by atoms with van der Waals surface area (Å²) in [6.07, 6.45) is 3.91. The van der Waals surface area contributed by atoms with Crippen molar-refractivity contribution >= 4 is 51.3 Å². The minimum Gasteiger partial charge on any atom is -0.373 e. The van der Waals surface area contributed by atoms with Gasteiger partial charge in [0.1, 0.15) is 4.21 Å². The fraction of sp³-hybridized carbons (Fsp3) is 0.667. The lowest BCUT2D eigenvalue weighted by atomic mass is 9.96. The summed E-state index contributed by atoms with van der Waals surface area (Å²) < 4.78 is 33.0. The predicted molar refractivity (Wildman–Crippen MR) is 110 cm³/mol. The van der Waals surface area contributed by atoms with Gasteiger partial charge >= 0.3 is 0 Å². The first kappa shape index (κ1) is 20.9. The third kappa shape index (κ3) is 5.28. The number of fused-ring (bicyclic) bond motifs is 2. The fourth-order valence-corrected chi connectivity index (χ4v) is 5.51. The third-order valence-corrected chi connectivity index (χ3v) is 7.30. The highest BCUT2D eigenvalue weighted by Gasteiger charge is 2.41. The lowest BCUT2D eigenvalue weighted by molar-refractivity contribution is 0.0992. The van der Waals surface area contributed by atoms with Crippen LogP contribution in [0.25, 0.3) is 0 Å². The molecule has 2 fully saturated rings. The van der Waals surface area contributed by atoms with Crippen molar-refractivity contribution in [3.05, 3.63) is 17.0 Å². The summed E-state index contributed by atoms with van der Waals surface area (Å²) in [4.78, 5) is 5.17. The van der Waals surface area contributed by atoms with Gasteiger partial charge in [-0.3, -0.25) is 4.99 Å². The van der Waals surface area contributed by atoms with Crippen LogP contribution in [0.15, 0.2) is 21.3 Å². The standard InChI is InChI=1S/C15H24N4O3S2.HI/c1-10-3-6-14(23-10)24(20,21)18-8-7-17-15(16-2)19-12-9-11-4-5-13(12)22-11;/h3,6,11-13,18H,4-5,7-9H2,1-2H3,(H2,16,17,19);1H. The van der Waals surface area contributed by atoms with Crippen LogP contribution in [0.5, 0.6) is 0 Å². The molecule has 0 spiro atoms. The largest absolute Gasteiger partial charge is 0.373 e. The lowest BCUT2D eigenvalue weighted by Gasteiger charge is -2.22. The molecule has 0 aliphatic carbocycles. The van der Waals surface area contributed by atoms with Gasteiger partial charge in [0.25, 0.3) is 0 Å². The number of hydrogen-bond acceptors (Lipinski definition) is 5. The molecule has 0 radical (unpaired) electrons. The molecule has 142 valence electrons. The Bertz CT molecular complexity index is 707. The first-order valence-corrected chi connectivity index (χ1v) is 10.5. The average Bonchev–Trinajstić information content (AvgIpc) is 3.27. The molecule has 2 aliphatic rings. The molecule has 2 aliphatic heterocycles. The zero-order valence-electron chi connectivity index (χ0n) is 14.3. The molecule has 25 heavy (non-hydrogen) atoms. The number of sulfonamides is 1. The Morgan fingerprint density at radius 1 is 1.36 bits per heavy atom. The molecule has 1 aromatic rings. The van der Waals surface area contributed by atoms with E-state index in [2.05, 4.69) is 20.3 Å². The molecule has 10 heteroatoms. The number of rotatable bonds is 6. The van der Waals surface area contributed by atoms with Crippen molar-refractivity contribution in [2.75, 3.05) is 20.1 Å². The first-order chi connectivity index (χ1) is 11.5. The van der Waals surface area contributed by atoms with Crippen LogP contribution in [-0.4, -0.2) is 52.8 Å². The van der Waals surface area contributed by atoms with Gasteiger partial charge < -0.3 is 15.4 Å². The molecule has 0 aromatic carbocycles. The van der Waals surface area contributed by atoms with Crippen LogP contribution >= 0.6 is 35.3 Å². The van der Waals surface area contributed by atoms with E-state index in [1.807, 2.05) is 6.92 Å². The van der Waals surface area contributed by atoms with Crippen LogP contribution in [0, 0.1) is 6.92 Å². The van der Waals surface area contributed by atoms with Crippen molar-refractivity contribution in [3.8, 4) is 0 Å². The smallest absolute Gasteiger partial charge is 0.250 e. The van der Waals surface area contributed by atoms with Crippen LogP contribution in [0.4, 0.5) is 0 Å².